The summed E-state index contributed by atoms with van der Waals surface area (Å²) in [5, 5.41) is 3.17. The van der Waals surface area contributed by atoms with Crippen LogP contribution in [0.1, 0.15) is 19.4 Å². The van der Waals surface area contributed by atoms with Crippen molar-refractivity contribution < 1.29 is 13.2 Å². The molecular formula is C13H22N2O3S. The molecule has 1 rings (SSSR count). The number of benzene rings is 1. The second kappa shape index (κ2) is 8.27. The van der Waals surface area contributed by atoms with Gasteiger partial charge in [-0.05, 0) is 31.2 Å². The minimum absolute atomic E-state index is 0.285. The molecule has 0 fully saturated rings. The molecule has 0 saturated carbocycles. The molecule has 0 aliphatic heterocycles. The summed E-state index contributed by atoms with van der Waals surface area (Å²) in [7, 11) is -3.45. The van der Waals surface area contributed by atoms with Crippen LogP contribution in [0.5, 0.6) is 0 Å². The minimum Gasteiger partial charge on any atom is -0.380 e. The third kappa shape index (κ3) is 5.69. The molecule has 0 aromatic heterocycles. The number of hydrogen-bond donors (Lipinski definition) is 2. The van der Waals surface area contributed by atoms with Gasteiger partial charge in [0.05, 0.1) is 11.5 Å². The van der Waals surface area contributed by atoms with E-state index in [9.17, 15) is 8.42 Å². The van der Waals surface area contributed by atoms with Crippen LogP contribution in [0.25, 0.3) is 0 Å². The van der Waals surface area contributed by atoms with E-state index in [4.69, 9.17) is 4.74 Å². The number of sulfonamides is 1. The van der Waals surface area contributed by atoms with Crippen molar-refractivity contribution in [3.8, 4) is 0 Å². The standard InChI is InChI=1S/C13H22N2O3S/c1-3-14-11-12-6-5-7-13(10-12)19(16,17)15-8-9-18-4-2/h5-7,10,14-15H,3-4,8-9,11H2,1-2H3. The van der Waals surface area contributed by atoms with E-state index in [-0.39, 0.29) is 6.54 Å². The Morgan fingerprint density at radius 1 is 1.26 bits per heavy atom. The Morgan fingerprint density at radius 2 is 2.05 bits per heavy atom. The predicted octanol–water partition coefficient (Wildman–Crippen LogP) is 1.11. The van der Waals surface area contributed by atoms with Crippen LogP contribution in [0.3, 0.4) is 0 Å². The van der Waals surface area contributed by atoms with Crippen LogP contribution in [0.15, 0.2) is 29.2 Å². The van der Waals surface area contributed by atoms with Crippen LogP contribution in [0.2, 0.25) is 0 Å². The molecule has 6 heteroatoms. The fraction of sp³-hybridized carbons (Fsp3) is 0.538. The molecule has 0 heterocycles. The number of ether oxygens (including phenoxy) is 1. The Balaban J connectivity index is 2.66. The highest BCUT2D eigenvalue weighted by Crippen LogP contribution is 2.11. The van der Waals surface area contributed by atoms with Gasteiger partial charge in [-0.25, -0.2) is 13.1 Å². The maximum absolute atomic E-state index is 12.0. The van der Waals surface area contributed by atoms with Gasteiger partial charge >= 0.3 is 0 Å². The van der Waals surface area contributed by atoms with E-state index >= 15 is 0 Å². The van der Waals surface area contributed by atoms with E-state index < -0.39 is 10.0 Å². The molecule has 0 aliphatic carbocycles. The van der Waals surface area contributed by atoms with Crippen LogP contribution < -0.4 is 10.0 Å². The van der Waals surface area contributed by atoms with Gasteiger partial charge in [0.15, 0.2) is 0 Å². The third-order valence-electron chi connectivity index (χ3n) is 2.53. The number of nitrogens with one attached hydrogen (secondary N) is 2. The first-order valence-corrected chi connectivity index (χ1v) is 7.95. The second-order valence-electron chi connectivity index (χ2n) is 4.02. The Bertz CT molecular complexity index is 475. The Hall–Kier alpha value is -0.950. The monoisotopic (exact) mass is 286 g/mol. The molecule has 0 spiro atoms. The first-order valence-electron chi connectivity index (χ1n) is 6.47. The quantitative estimate of drug-likeness (QED) is 0.667. The first-order chi connectivity index (χ1) is 9.10. The van der Waals surface area contributed by atoms with Crippen molar-refractivity contribution in [3.63, 3.8) is 0 Å². The molecule has 0 atom stereocenters. The van der Waals surface area contributed by atoms with E-state index in [1.54, 1.807) is 18.2 Å². The second-order valence-corrected chi connectivity index (χ2v) is 5.79. The van der Waals surface area contributed by atoms with Crippen molar-refractivity contribution in [1.29, 1.82) is 0 Å². The molecule has 2 N–H and O–H groups in total. The van der Waals surface area contributed by atoms with Gasteiger partial charge in [0.2, 0.25) is 10.0 Å². The van der Waals surface area contributed by atoms with Crippen LogP contribution in [0, 0.1) is 0 Å². The Labute approximate surface area is 115 Å². The summed E-state index contributed by atoms with van der Waals surface area (Å²) in [6.07, 6.45) is 0. The van der Waals surface area contributed by atoms with Gasteiger partial charge in [-0.15, -0.1) is 0 Å². The SMILES string of the molecule is CCNCc1cccc(S(=O)(=O)NCCOCC)c1. The van der Waals surface area contributed by atoms with Crippen molar-refractivity contribution in [2.24, 2.45) is 0 Å². The third-order valence-corrected chi connectivity index (χ3v) is 3.99. The summed E-state index contributed by atoms with van der Waals surface area (Å²) >= 11 is 0. The van der Waals surface area contributed by atoms with E-state index in [0.29, 0.717) is 24.7 Å². The maximum atomic E-state index is 12.0. The van der Waals surface area contributed by atoms with Crippen LogP contribution in [0.4, 0.5) is 0 Å². The van der Waals surface area contributed by atoms with Crippen molar-refractivity contribution in [2.45, 2.75) is 25.3 Å². The molecule has 1 aromatic rings. The van der Waals surface area contributed by atoms with Crippen molar-refractivity contribution in [1.82, 2.24) is 10.0 Å². The zero-order chi connectivity index (χ0) is 14.1. The number of hydrogen-bond acceptors (Lipinski definition) is 4. The summed E-state index contributed by atoms with van der Waals surface area (Å²) < 4.78 is 31.7. The van der Waals surface area contributed by atoms with Crippen LogP contribution in [-0.4, -0.2) is 34.7 Å². The zero-order valence-corrected chi connectivity index (χ0v) is 12.3. The molecule has 5 nitrogen and oxygen atoms in total. The van der Waals surface area contributed by atoms with Gasteiger partial charge in [0.25, 0.3) is 0 Å². The average molecular weight is 286 g/mol. The Kier molecular flexibility index (Phi) is 7.01. The van der Waals surface area contributed by atoms with Gasteiger partial charge in [0, 0.05) is 19.7 Å². The summed E-state index contributed by atoms with van der Waals surface area (Å²) in [4.78, 5) is 0.291. The molecule has 0 radical (unpaired) electrons. The highest BCUT2D eigenvalue weighted by atomic mass is 32.2. The minimum atomic E-state index is -3.45. The average Bonchev–Trinajstić information content (AvgIpc) is 2.42. The normalized spacial score (nSPS) is 11.7. The van der Waals surface area contributed by atoms with Gasteiger partial charge in [0.1, 0.15) is 0 Å². The van der Waals surface area contributed by atoms with E-state index in [1.165, 1.54) is 0 Å². The van der Waals surface area contributed by atoms with Crippen molar-refractivity contribution in [2.75, 3.05) is 26.3 Å². The Morgan fingerprint density at radius 3 is 2.74 bits per heavy atom. The van der Waals surface area contributed by atoms with Gasteiger partial charge in [-0.1, -0.05) is 19.1 Å². The van der Waals surface area contributed by atoms with Crippen molar-refractivity contribution >= 4 is 10.0 Å². The van der Waals surface area contributed by atoms with E-state index in [2.05, 4.69) is 10.0 Å². The van der Waals surface area contributed by atoms with Crippen LogP contribution in [-0.2, 0) is 21.3 Å². The van der Waals surface area contributed by atoms with Gasteiger partial charge in [-0.3, -0.25) is 0 Å². The summed E-state index contributed by atoms with van der Waals surface area (Å²) in [6, 6.07) is 6.94. The molecular weight excluding hydrogens is 264 g/mol. The summed E-state index contributed by atoms with van der Waals surface area (Å²) in [5.41, 5.74) is 0.953. The fourth-order valence-electron chi connectivity index (χ4n) is 1.57. The predicted molar refractivity (Wildman–Crippen MR) is 75.5 cm³/mol. The molecule has 0 aliphatic rings. The highest BCUT2D eigenvalue weighted by molar-refractivity contribution is 7.89. The molecule has 0 unspecified atom stereocenters. The lowest BCUT2D eigenvalue weighted by atomic mass is 10.2. The molecule has 0 saturated heterocycles. The topological polar surface area (TPSA) is 67.4 Å². The lowest BCUT2D eigenvalue weighted by Gasteiger charge is -2.08. The van der Waals surface area contributed by atoms with E-state index in [1.807, 2.05) is 19.9 Å². The lowest BCUT2D eigenvalue weighted by molar-refractivity contribution is 0.153. The van der Waals surface area contributed by atoms with Gasteiger partial charge in [-0.2, -0.15) is 0 Å². The van der Waals surface area contributed by atoms with Crippen molar-refractivity contribution in [3.05, 3.63) is 29.8 Å². The largest absolute Gasteiger partial charge is 0.380 e. The highest BCUT2D eigenvalue weighted by Gasteiger charge is 2.13. The molecule has 0 amide bonds. The molecule has 19 heavy (non-hydrogen) atoms. The van der Waals surface area contributed by atoms with Gasteiger partial charge < -0.3 is 10.1 Å². The maximum Gasteiger partial charge on any atom is 0.240 e. The zero-order valence-electron chi connectivity index (χ0n) is 11.5. The van der Waals surface area contributed by atoms with Crippen LogP contribution >= 0.6 is 0 Å². The first kappa shape index (κ1) is 16.1. The fourth-order valence-corrected chi connectivity index (χ4v) is 2.65. The van der Waals surface area contributed by atoms with E-state index in [0.717, 1.165) is 12.1 Å². The lowest BCUT2D eigenvalue weighted by Crippen LogP contribution is -2.27. The smallest absolute Gasteiger partial charge is 0.240 e. The molecule has 1 aromatic carbocycles. The number of rotatable bonds is 9. The molecule has 108 valence electrons. The summed E-state index contributed by atoms with van der Waals surface area (Å²) in [6.45, 7) is 6.65. The molecule has 0 bridgehead atoms. The summed E-state index contributed by atoms with van der Waals surface area (Å²) in [5.74, 6) is 0.